The SMILES string of the molecule is O=C(O)C1C(Cl)=C(Cl)c2ccccc21. The van der Waals surface area contributed by atoms with Crippen LogP contribution in [0.25, 0.3) is 5.03 Å². The third-order valence-electron chi connectivity index (χ3n) is 2.22. The lowest BCUT2D eigenvalue weighted by Gasteiger charge is -2.05. The van der Waals surface area contributed by atoms with E-state index in [0.717, 1.165) is 0 Å². The third-order valence-corrected chi connectivity index (χ3v) is 3.13. The van der Waals surface area contributed by atoms with Gasteiger partial charge in [0.15, 0.2) is 0 Å². The minimum atomic E-state index is -0.974. The Hall–Kier alpha value is -0.990. The van der Waals surface area contributed by atoms with Crippen LogP contribution in [0.1, 0.15) is 17.0 Å². The van der Waals surface area contributed by atoms with Crippen molar-refractivity contribution in [1.29, 1.82) is 0 Å². The van der Waals surface area contributed by atoms with Crippen molar-refractivity contribution in [2.24, 2.45) is 0 Å². The average Bonchev–Trinajstić information content (AvgIpc) is 2.41. The fraction of sp³-hybridized carbons (Fsp3) is 0.100. The van der Waals surface area contributed by atoms with Gasteiger partial charge >= 0.3 is 5.97 Å². The van der Waals surface area contributed by atoms with Gasteiger partial charge in [-0.2, -0.15) is 0 Å². The number of carbonyl (C=O) groups is 1. The molecule has 1 aliphatic rings. The molecule has 1 N–H and O–H groups in total. The van der Waals surface area contributed by atoms with Crippen LogP contribution in [0.4, 0.5) is 0 Å². The molecule has 0 amide bonds. The Morgan fingerprint density at radius 3 is 2.57 bits per heavy atom. The lowest BCUT2D eigenvalue weighted by molar-refractivity contribution is -0.137. The minimum absolute atomic E-state index is 0.195. The number of carboxylic acids is 1. The number of aliphatic carboxylic acids is 1. The smallest absolute Gasteiger partial charge is 0.316 e. The van der Waals surface area contributed by atoms with Gasteiger partial charge in [-0.15, -0.1) is 0 Å². The standard InChI is InChI=1S/C10H6Cl2O2/c11-8-6-4-2-1-3-5(6)7(9(8)12)10(13)14/h1-4,7H,(H,13,14). The first kappa shape index (κ1) is 9.56. The topological polar surface area (TPSA) is 37.3 Å². The molecule has 1 atom stereocenters. The van der Waals surface area contributed by atoms with E-state index in [1.807, 2.05) is 0 Å². The largest absolute Gasteiger partial charge is 0.481 e. The molecule has 0 fully saturated rings. The van der Waals surface area contributed by atoms with Gasteiger partial charge in [-0.05, 0) is 11.1 Å². The Labute approximate surface area is 90.8 Å². The molecule has 0 spiro atoms. The summed E-state index contributed by atoms with van der Waals surface area (Å²) in [4.78, 5) is 10.9. The Morgan fingerprint density at radius 1 is 1.29 bits per heavy atom. The van der Waals surface area contributed by atoms with Gasteiger partial charge in [-0.25, -0.2) is 0 Å². The van der Waals surface area contributed by atoms with Crippen molar-refractivity contribution in [3.63, 3.8) is 0 Å². The summed E-state index contributed by atoms with van der Waals surface area (Å²) in [5.74, 6) is -1.78. The number of carboxylic acid groups (broad SMARTS) is 1. The lowest BCUT2D eigenvalue weighted by atomic mass is 10.0. The predicted molar refractivity (Wildman–Crippen MR) is 55.4 cm³/mol. The first-order chi connectivity index (χ1) is 6.63. The highest BCUT2D eigenvalue weighted by atomic mass is 35.5. The maximum Gasteiger partial charge on any atom is 0.316 e. The van der Waals surface area contributed by atoms with Crippen molar-refractivity contribution in [3.8, 4) is 0 Å². The first-order valence-corrected chi connectivity index (χ1v) is 4.76. The van der Waals surface area contributed by atoms with E-state index in [0.29, 0.717) is 16.2 Å². The van der Waals surface area contributed by atoms with E-state index in [-0.39, 0.29) is 5.03 Å². The van der Waals surface area contributed by atoms with Gasteiger partial charge in [0.25, 0.3) is 0 Å². The van der Waals surface area contributed by atoms with E-state index in [1.165, 1.54) is 0 Å². The predicted octanol–water partition coefficient (Wildman–Crippen LogP) is 3.01. The van der Waals surface area contributed by atoms with Gasteiger partial charge in [0.2, 0.25) is 0 Å². The molecule has 0 bridgehead atoms. The molecule has 0 radical (unpaired) electrons. The Balaban J connectivity index is 2.64. The summed E-state index contributed by atoms with van der Waals surface area (Å²) in [5.41, 5.74) is 1.38. The molecule has 1 unspecified atom stereocenters. The molecule has 1 aromatic carbocycles. The highest BCUT2D eigenvalue weighted by Gasteiger charge is 2.34. The maximum absolute atomic E-state index is 10.9. The van der Waals surface area contributed by atoms with E-state index < -0.39 is 11.9 Å². The zero-order valence-electron chi connectivity index (χ0n) is 7.00. The summed E-state index contributed by atoms with van der Waals surface area (Å²) in [6.07, 6.45) is 0. The van der Waals surface area contributed by atoms with Crippen LogP contribution >= 0.6 is 23.2 Å². The number of halogens is 2. The second-order valence-electron chi connectivity index (χ2n) is 3.02. The Kier molecular flexibility index (Phi) is 2.25. The molecule has 2 rings (SSSR count). The molecule has 2 nitrogen and oxygen atoms in total. The van der Waals surface area contributed by atoms with Crippen molar-refractivity contribution in [2.45, 2.75) is 5.92 Å². The summed E-state index contributed by atoms with van der Waals surface area (Å²) in [7, 11) is 0. The van der Waals surface area contributed by atoms with Gasteiger partial charge in [0.05, 0.1) is 10.1 Å². The van der Waals surface area contributed by atoms with Crippen LogP contribution in [0.5, 0.6) is 0 Å². The summed E-state index contributed by atoms with van der Waals surface area (Å²) in [6.45, 7) is 0. The summed E-state index contributed by atoms with van der Waals surface area (Å²) in [5, 5.41) is 9.51. The highest BCUT2D eigenvalue weighted by Crippen LogP contribution is 2.45. The van der Waals surface area contributed by atoms with Crippen LogP contribution in [0.15, 0.2) is 29.3 Å². The van der Waals surface area contributed by atoms with Crippen LogP contribution < -0.4 is 0 Å². The number of fused-ring (bicyclic) bond motifs is 1. The number of hydrogen-bond donors (Lipinski definition) is 1. The molecule has 1 aliphatic carbocycles. The van der Waals surface area contributed by atoms with Crippen molar-refractivity contribution in [3.05, 3.63) is 40.4 Å². The van der Waals surface area contributed by atoms with E-state index in [4.69, 9.17) is 28.3 Å². The van der Waals surface area contributed by atoms with Gasteiger partial charge in [0.1, 0.15) is 5.92 Å². The van der Waals surface area contributed by atoms with Crippen LogP contribution in [0, 0.1) is 0 Å². The van der Waals surface area contributed by atoms with Crippen molar-refractivity contribution in [1.82, 2.24) is 0 Å². The third kappa shape index (κ3) is 1.22. The van der Waals surface area contributed by atoms with Crippen molar-refractivity contribution in [2.75, 3.05) is 0 Å². The van der Waals surface area contributed by atoms with Gasteiger partial charge in [-0.3, -0.25) is 4.79 Å². The fourth-order valence-electron chi connectivity index (χ4n) is 1.58. The van der Waals surface area contributed by atoms with E-state index in [9.17, 15) is 4.79 Å². The Morgan fingerprint density at radius 2 is 1.93 bits per heavy atom. The maximum atomic E-state index is 10.9. The summed E-state index contributed by atoms with van der Waals surface area (Å²) >= 11 is 11.8. The molecule has 72 valence electrons. The number of hydrogen-bond acceptors (Lipinski definition) is 1. The van der Waals surface area contributed by atoms with Gasteiger partial charge < -0.3 is 5.11 Å². The van der Waals surface area contributed by atoms with Crippen molar-refractivity contribution < 1.29 is 9.90 Å². The van der Waals surface area contributed by atoms with E-state index in [2.05, 4.69) is 0 Å². The monoisotopic (exact) mass is 228 g/mol. The second-order valence-corrected chi connectivity index (χ2v) is 3.81. The molecule has 0 aliphatic heterocycles. The molecular formula is C10H6Cl2O2. The zero-order valence-corrected chi connectivity index (χ0v) is 8.51. The Bertz CT molecular complexity index is 438. The lowest BCUT2D eigenvalue weighted by Crippen LogP contribution is -2.09. The van der Waals surface area contributed by atoms with Crippen LogP contribution in [0.2, 0.25) is 0 Å². The van der Waals surface area contributed by atoms with E-state index >= 15 is 0 Å². The van der Waals surface area contributed by atoms with Crippen molar-refractivity contribution >= 4 is 34.2 Å². The van der Waals surface area contributed by atoms with Crippen LogP contribution in [-0.4, -0.2) is 11.1 Å². The molecular weight excluding hydrogens is 223 g/mol. The summed E-state index contributed by atoms with van der Waals surface area (Å²) < 4.78 is 0. The van der Waals surface area contributed by atoms with Gasteiger partial charge in [0, 0.05) is 0 Å². The molecule has 1 aromatic rings. The average molecular weight is 229 g/mol. The quantitative estimate of drug-likeness (QED) is 0.803. The molecule has 0 heterocycles. The van der Waals surface area contributed by atoms with E-state index in [1.54, 1.807) is 24.3 Å². The minimum Gasteiger partial charge on any atom is -0.481 e. The van der Waals surface area contributed by atoms with Gasteiger partial charge in [-0.1, -0.05) is 47.5 Å². The van der Waals surface area contributed by atoms with Crippen LogP contribution in [0.3, 0.4) is 0 Å². The number of benzene rings is 1. The first-order valence-electron chi connectivity index (χ1n) is 4.00. The molecule has 0 aromatic heterocycles. The molecule has 4 heteroatoms. The summed E-state index contributed by atoms with van der Waals surface area (Å²) in [6, 6.07) is 7.07. The molecule has 0 saturated heterocycles. The number of rotatable bonds is 1. The zero-order chi connectivity index (χ0) is 10.3. The fourth-order valence-corrected chi connectivity index (χ4v) is 2.18. The van der Waals surface area contributed by atoms with Crippen LogP contribution in [-0.2, 0) is 4.79 Å². The normalized spacial score (nSPS) is 19.7. The molecule has 14 heavy (non-hydrogen) atoms. The second kappa shape index (κ2) is 3.30. The highest BCUT2D eigenvalue weighted by molar-refractivity contribution is 6.56. The molecule has 0 saturated carbocycles.